The summed E-state index contributed by atoms with van der Waals surface area (Å²) < 4.78 is 12.3. The number of nitrogens with zero attached hydrogens (tertiary/aromatic N) is 5. The van der Waals surface area contributed by atoms with Gasteiger partial charge in [-0.25, -0.2) is 0 Å². The van der Waals surface area contributed by atoms with Gasteiger partial charge in [0, 0.05) is 42.5 Å². The zero-order valence-corrected chi connectivity index (χ0v) is 28.5. The van der Waals surface area contributed by atoms with Crippen molar-refractivity contribution in [1.82, 2.24) is 30.2 Å². The van der Waals surface area contributed by atoms with Crippen LogP contribution in [0, 0.1) is 0 Å². The van der Waals surface area contributed by atoms with E-state index in [4.69, 9.17) is 9.47 Å². The topological polar surface area (TPSA) is 158 Å². The van der Waals surface area contributed by atoms with E-state index in [1.165, 1.54) is 4.80 Å². The molecule has 0 radical (unpaired) electrons. The van der Waals surface area contributed by atoms with Crippen molar-refractivity contribution in [3.63, 3.8) is 0 Å². The van der Waals surface area contributed by atoms with Crippen molar-refractivity contribution >= 4 is 29.3 Å². The third-order valence-electron chi connectivity index (χ3n) is 9.92. The molecule has 0 spiro atoms. The van der Waals surface area contributed by atoms with Crippen molar-refractivity contribution in [1.29, 1.82) is 0 Å². The molecule has 1 saturated carbocycles. The number of ether oxygens (including phenoxy) is 2. The van der Waals surface area contributed by atoms with Crippen LogP contribution in [0.4, 0.5) is 5.69 Å². The molecule has 3 aromatic carbocycles. The molecular weight excluding hydrogens is 662 g/mol. The third kappa shape index (κ3) is 6.25. The number of carbonyl (C=O) groups excluding carboxylic acids is 4. The minimum absolute atomic E-state index is 0.0375. The van der Waals surface area contributed by atoms with Gasteiger partial charge < -0.3 is 14.8 Å². The number of carbonyl (C=O) groups is 4. The number of imide groups is 2. The van der Waals surface area contributed by atoms with Crippen LogP contribution in [0.15, 0.2) is 97.3 Å². The summed E-state index contributed by atoms with van der Waals surface area (Å²) in [5.74, 6) is 0.413. The molecule has 1 unspecified atom stereocenters. The van der Waals surface area contributed by atoms with Crippen molar-refractivity contribution < 1.29 is 28.7 Å². The van der Waals surface area contributed by atoms with Crippen molar-refractivity contribution in [3.05, 3.63) is 120 Å². The highest BCUT2D eigenvalue weighted by molar-refractivity contribution is 6.23. The SMILES string of the molecule is CC(C)(c1ccc(Oc2cccc(-n3nccn3)n2)cc1)c1ccc(OC2CC(Nc3ccc4c(c3)C(=O)N(C3CCC(=O)NC3=O)C4=O)C2)cc1. The molecule has 262 valence electrons. The molecular formula is C39H35N7O6. The van der Waals surface area contributed by atoms with Crippen LogP contribution in [-0.2, 0) is 15.0 Å². The van der Waals surface area contributed by atoms with Crippen LogP contribution in [0.1, 0.15) is 71.4 Å². The van der Waals surface area contributed by atoms with Crippen LogP contribution in [0.5, 0.6) is 17.4 Å². The molecule has 13 heteroatoms. The summed E-state index contributed by atoms with van der Waals surface area (Å²) in [6.07, 6.45) is 4.97. The van der Waals surface area contributed by atoms with E-state index in [2.05, 4.69) is 63.9 Å². The third-order valence-corrected chi connectivity index (χ3v) is 9.92. The number of fused-ring (bicyclic) bond motifs is 1. The molecule has 1 aliphatic carbocycles. The van der Waals surface area contributed by atoms with Crippen LogP contribution >= 0.6 is 0 Å². The smallest absolute Gasteiger partial charge is 0.262 e. The molecule has 1 atom stereocenters. The standard InChI is InChI=1S/C39H35N7O6/c1-39(2,24-8-13-28(14-9-24)52-35-5-3-4-33(43-35)46-40-18-19-41-46)23-6-11-27(12-7-23)51-29-20-26(21-29)42-25-10-15-30-31(22-25)38(50)45(37(30)49)32-16-17-34(47)44-36(32)48/h3-15,18-19,22,26,29,32,42H,16-17,20-21H2,1-2H3,(H,44,47,48). The molecule has 3 aliphatic rings. The summed E-state index contributed by atoms with van der Waals surface area (Å²) in [4.78, 5) is 57.0. The Morgan fingerprint density at radius 3 is 2.17 bits per heavy atom. The molecule has 2 aromatic heterocycles. The van der Waals surface area contributed by atoms with Crippen LogP contribution in [-0.4, -0.2) is 66.7 Å². The number of aromatic nitrogens is 4. The number of rotatable bonds is 10. The second-order valence-corrected chi connectivity index (χ2v) is 13.7. The number of anilines is 1. The zero-order chi connectivity index (χ0) is 36.0. The maximum absolute atomic E-state index is 13.2. The molecule has 0 bridgehead atoms. The van der Waals surface area contributed by atoms with E-state index in [-0.39, 0.29) is 41.5 Å². The Hall–Kier alpha value is -6.37. The summed E-state index contributed by atoms with van der Waals surface area (Å²) in [6.45, 7) is 4.36. The summed E-state index contributed by atoms with van der Waals surface area (Å²) in [5, 5.41) is 13.9. The van der Waals surface area contributed by atoms with Crippen molar-refractivity contribution in [3.8, 4) is 23.2 Å². The molecule has 4 amide bonds. The Morgan fingerprint density at radius 2 is 1.48 bits per heavy atom. The second kappa shape index (κ2) is 13.1. The lowest BCUT2D eigenvalue weighted by Gasteiger charge is -2.36. The summed E-state index contributed by atoms with van der Waals surface area (Å²) in [6, 6.07) is 25.8. The summed E-state index contributed by atoms with van der Waals surface area (Å²) >= 11 is 0. The number of pyridine rings is 1. The fourth-order valence-corrected chi connectivity index (χ4v) is 6.85. The number of nitrogens with one attached hydrogen (secondary N) is 2. The van der Waals surface area contributed by atoms with E-state index in [9.17, 15) is 19.2 Å². The molecule has 1 saturated heterocycles. The first kappa shape index (κ1) is 32.8. The van der Waals surface area contributed by atoms with E-state index >= 15 is 0 Å². The van der Waals surface area contributed by atoms with Gasteiger partial charge in [0.1, 0.15) is 23.6 Å². The van der Waals surface area contributed by atoms with Gasteiger partial charge in [-0.2, -0.15) is 15.2 Å². The summed E-state index contributed by atoms with van der Waals surface area (Å²) in [7, 11) is 0. The number of amides is 4. The maximum atomic E-state index is 13.2. The van der Waals surface area contributed by atoms with Gasteiger partial charge in [0.2, 0.25) is 17.7 Å². The number of piperidine rings is 1. The molecule has 13 nitrogen and oxygen atoms in total. The zero-order valence-electron chi connectivity index (χ0n) is 28.5. The van der Waals surface area contributed by atoms with Crippen LogP contribution in [0.2, 0.25) is 0 Å². The van der Waals surface area contributed by atoms with Crippen LogP contribution < -0.4 is 20.1 Å². The van der Waals surface area contributed by atoms with E-state index in [1.807, 2.05) is 36.4 Å². The molecule has 5 aromatic rings. The predicted molar refractivity (Wildman–Crippen MR) is 188 cm³/mol. The Kier molecular flexibility index (Phi) is 8.25. The molecule has 2 aliphatic heterocycles. The van der Waals surface area contributed by atoms with Gasteiger partial charge in [0.25, 0.3) is 11.8 Å². The van der Waals surface area contributed by atoms with Crippen LogP contribution in [0.3, 0.4) is 0 Å². The second-order valence-electron chi connectivity index (χ2n) is 13.7. The molecule has 8 rings (SSSR count). The molecule has 2 N–H and O–H groups in total. The lowest BCUT2D eigenvalue weighted by Crippen LogP contribution is -2.54. The Balaban J connectivity index is 0.840. The highest BCUT2D eigenvalue weighted by Crippen LogP contribution is 2.36. The first-order valence-electron chi connectivity index (χ1n) is 17.1. The Morgan fingerprint density at radius 1 is 0.808 bits per heavy atom. The predicted octanol–water partition coefficient (Wildman–Crippen LogP) is 5.20. The fourth-order valence-electron chi connectivity index (χ4n) is 6.85. The van der Waals surface area contributed by atoms with Crippen LogP contribution in [0.25, 0.3) is 5.82 Å². The molecule has 52 heavy (non-hydrogen) atoms. The Bertz CT molecular complexity index is 2180. The van der Waals surface area contributed by atoms with Gasteiger partial charge in [-0.3, -0.25) is 29.4 Å². The number of benzene rings is 3. The van der Waals surface area contributed by atoms with Gasteiger partial charge in [-0.05, 0) is 66.1 Å². The van der Waals surface area contributed by atoms with E-state index in [0.29, 0.717) is 23.1 Å². The fraction of sp³-hybridized carbons (Fsp3) is 0.256. The maximum Gasteiger partial charge on any atom is 0.262 e. The average Bonchev–Trinajstić information content (AvgIpc) is 3.75. The van der Waals surface area contributed by atoms with Gasteiger partial charge >= 0.3 is 0 Å². The van der Waals surface area contributed by atoms with Gasteiger partial charge in [-0.1, -0.05) is 44.2 Å². The van der Waals surface area contributed by atoms with Crippen molar-refractivity contribution in [2.24, 2.45) is 0 Å². The monoisotopic (exact) mass is 697 g/mol. The average molecular weight is 698 g/mol. The minimum atomic E-state index is -0.988. The quantitative estimate of drug-likeness (QED) is 0.186. The Labute approximate surface area is 298 Å². The highest BCUT2D eigenvalue weighted by Gasteiger charge is 2.45. The molecule has 4 heterocycles. The lowest BCUT2D eigenvalue weighted by molar-refractivity contribution is -0.136. The van der Waals surface area contributed by atoms with Gasteiger partial charge in [0.15, 0.2) is 5.82 Å². The van der Waals surface area contributed by atoms with Crippen molar-refractivity contribution in [2.75, 3.05) is 5.32 Å². The highest BCUT2D eigenvalue weighted by atomic mass is 16.5. The number of hydrogen-bond donors (Lipinski definition) is 2. The first-order chi connectivity index (χ1) is 25.1. The van der Waals surface area contributed by atoms with Gasteiger partial charge in [-0.15, -0.1) is 4.80 Å². The van der Waals surface area contributed by atoms with E-state index in [0.717, 1.165) is 34.6 Å². The summed E-state index contributed by atoms with van der Waals surface area (Å²) in [5.41, 5.74) is 3.23. The normalized spacial score (nSPS) is 19.9. The van der Waals surface area contributed by atoms with Crippen molar-refractivity contribution in [2.45, 2.75) is 63.1 Å². The van der Waals surface area contributed by atoms with E-state index < -0.39 is 29.7 Å². The first-order valence-corrected chi connectivity index (χ1v) is 17.1. The number of hydrogen-bond acceptors (Lipinski definition) is 10. The molecule has 2 fully saturated rings. The van der Waals surface area contributed by atoms with E-state index in [1.54, 1.807) is 36.7 Å². The lowest BCUT2D eigenvalue weighted by atomic mass is 9.78. The minimum Gasteiger partial charge on any atom is -0.490 e. The van der Waals surface area contributed by atoms with Gasteiger partial charge in [0.05, 0.1) is 23.5 Å². The largest absolute Gasteiger partial charge is 0.490 e.